The van der Waals surface area contributed by atoms with Gasteiger partial charge >= 0.3 is 0 Å². The van der Waals surface area contributed by atoms with Crippen LogP contribution in [0, 0.1) is 6.92 Å². The van der Waals surface area contributed by atoms with Crippen LogP contribution in [-0.2, 0) is 14.8 Å². The van der Waals surface area contributed by atoms with E-state index in [1.54, 1.807) is 36.4 Å². The van der Waals surface area contributed by atoms with Gasteiger partial charge in [0.25, 0.3) is 10.0 Å². The summed E-state index contributed by atoms with van der Waals surface area (Å²) in [6, 6.07) is 15.7. The number of ether oxygens (including phenoxy) is 1. The number of anilines is 1. The maximum absolute atomic E-state index is 13.3. The highest BCUT2D eigenvalue weighted by molar-refractivity contribution is 7.92. The predicted octanol–water partition coefficient (Wildman–Crippen LogP) is 1.88. The second kappa shape index (κ2) is 8.84. The average molecular weight is 391 g/mol. The number of nitrogens with zero attached hydrogens (tertiary/aromatic N) is 2. The molecule has 146 valence electrons. The van der Waals surface area contributed by atoms with E-state index < -0.39 is 16.1 Å². The van der Waals surface area contributed by atoms with Gasteiger partial charge in [-0.25, -0.2) is 8.42 Å². The lowest BCUT2D eigenvalue weighted by Gasteiger charge is -2.31. The molecule has 7 heteroatoms. The van der Waals surface area contributed by atoms with Gasteiger partial charge < -0.3 is 9.84 Å². The molecule has 0 radical (unpaired) electrons. The van der Waals surface area contributed by atoms with Crippen molar-refractivity contribution in [2.45, 2.75) is 17.9 Å². The van der Waals surface area contributed by atoms with Crippen LogP contribution in [0.15, 0.2) is 59.5 Å². The second-order valence-electron chi connectivity index (χ2n) is 6.76. The first kappa shape index (κ1) is 19.8. The van der Waals surface area contributed by atoms with E-state index in [1.165, 1.54) is 4.31 Å². The molecule has 0 unspecified atom stereocenters. The number of hydrogen-bond donors (Lipinski definition) is 1. The smallest absolute Gasteiger partial charge is 0.264 e. The minimum atomic E-state index is -3.78. The molecule has 1 atom stereocenters. The summed E-state index contributed by atoms with van der Waals surface area (Å²) < 4.78 is 33.1. The van der Waals surface area contributed by atoms with Gasteiger partial charge in [0.05, 0.1) is 36.4 Å². The van der Waals surface area contributed by atoms with Crippen molar-refractivity contribution in [2.75, 3.05) is 43.7 Å². The molecule has 1 heterocycles. The third-order valence-electron chi connectivity index (χ3n) is 4.57. The molecule has 1 aliphatic rings. The Morgan fingerprint density at radius 1 is 1.11 bits per heavy atom. The van der Waals surface area contributed by atoms with Crippen LogP contribution in [0.1, 0.15) is 5.56 Å². The molecule has 6 nitrogen and oxygen atoms in total. The number of β-amino-alcohol motifs (C(OH)–C–C–N with tert-alkyl or cyclic N) is 1. The normalized spacial score (nSPS) is 16.8. The molecule has 2 aromatic rings. The van der Waals surface area contributed by atoms with Crippen molar-refractivity contribution in [3.8, 4) is 0 Å². The van der Waals surface area contributed by atoms with Crippen molar-refractivity contribution in [2.24, 2.45) is 0 Å². The maximum atomic E-state index is 13.3. The molecule has 0 amide bonds. The van der Waals surface area contributed by atoms with Gasteiger partial charge in [0.15, 0.2) is 0 Å². The summed E-state index contributed by atoms with van der Waals surface area (Å²) in [6.07, 6.45) is -0.804. The number of hydrogen-bond acceptors (Lipinski definition) is 5. The molecule has 1 saturated heterocycles. The van der Waals surface area contributed by atoms with E-state index in [1.807, 2.05) is 25.1 Å². The molecular weight excluding hydrogens is 364 g/mol. The van der Waals surface area contributed by atoms with Crippen molar-refractivity contribution in [3.05, 3.63) is 60.2 Å². The zero-order valence-corrected chi connectivity index (χ0v) is 16.3. The Morgan fingerprint density at radius 3 is 2.48 bits per heavy atom. The fourth-order valence-electron chi connectivity index (χ4n) is 3.18. The summed E-state index contributed by atoms with van der Waals surface area (Å²) in [5.41, 5.74) is 1.52. The van der Waals surface area contributed by atoms with Crippen LogP contribution in [-0.4, -0.2) is 63.9 Å². The predicted molar refractivity (Wildman–Crippen MR) is 105 cm³/mol. The van der Waals surface area contributed by atoms with E-state index in [0.29, 0.717) is 25.4 Å². The fraction of sp³-hybridized carbons (Fsp3) is 0.400. The van der Waals surface area contributed by atoms with Crippen LogP contribution in [0.25, 0.3) is 0 Å². The zero-order chi connectivity index (χ0) is 19.3. The molecule has 2 aromatic carbocycles. The monoisotopic (exact) mass is 390 g/mol. The summed E-state index contributed by atoms with van der Waals surface area (Å²) in [5, 5.41) is 10.6. The van der Waals surface area contributed by atoms with E-state index in [2.05, 4.69) is 4.90 Å². The molecule has 0 saturated carbocycles. The van der Waals surface area contributed by atoms with Gasteiger partial charge in [-0.05, 0) is 36.8 Å². The van der Waals surface area contributed by atoms with Crippen LogP contribution in [0.5, 0.6) is 0 Å². The van der Waals surface area contributed by atoms with E-state index >= 15 is 0 Å². The standard InChI is InChI=1S/C20H26N2O4S/c1-17-6-5-7-18(14-17)22(27(24,25)20-8-3-2-4-9-20)16-19(23)15-21-10-12-26-13-11-21/h2-9,14,19,23H,10-13,15-16H2,1H3/t19-/m1/s1. The minimum Gasteiger partial charge on any atom is -0.390 e. The number of aryl methyl sites for hydroxylation is 1. The van der Waals surface area contributed by atoms with Gasteiger partial charge in [0, 0.05) is 19.6 Å². The highest BCUT2D eigenvalue weighted by Gasteiger charge is 2.28. The molecular formula is C20H26N2O4S. The largest absolute Gasteiger partial charge is 0.390 e. The third kappa shape index (κ3) is 5.07. The molecule has 0 aromatic heterocycles. The van der Waals surface area contributed by atoms with Crippen molar-refractivity contribution in [1.82, 2.24) is 4.90 Å². The van der Waals surface area contributed by atoms with Crippen LogP contribution in [0.3, 0.4) is 0 Å². The highest BCUT2D eigenvalue weighted by atomic mass is 32.2. The highest BCUT2D eigenvalue weighted by Crippen LogP contribution is 2.25. The van der Waals surface area contributed by atoms with Crippen LogP contribution in [0.2, 0.25) is 0 Å². The average Bonchev–Trinajstić information content (AvgIpc) is 2.67. The Kier molecular flexibility index (Phi) is 6.49. The molecule has 1 aliphatic heterocycles. The summed E-state index contributed by atoms with van der Waals surface area (Å²) in [7, 11) is -3.78. The Bertz CT molecular complexity index is 836. The van der Waals surface area contributed by atoms with Crippen LogP contribution in [0.4, 0.5) is 5.69 Å². The summed E-state index contributed by atoms with van der Waals surface area (Å²) >= 11 is 0. The lowest BCUT2D eigenvalue weighted by atomic mass is 10.2. The van der Waals surface area contributed by atoms with E-state index in [9.17, 15) is 13.5 Å². The topological polar surface area (TPSA) is 70.1 Å². The van der Waals surface area contributed by atoms with Crippen molar-refractivity contribution in [1.29, 1.82) is 0 Å². The molecule has 27 heavy (non-hydrogen) atoms. The van der Waals surface area contributed by atoms with Crippen LogP contribution >= 0.6 is 0 Å². The van der Waals surface area contributed by atoms with Crippen molar-refractivity contribution >= 4 is 15.7 Å². The second-order valence-corrected chi connectivity index (χ2v) is 8.62. The van der Waals surface area contributed by atoms with Crippen molar-refractivity contribution in [3.63, 3.8) is 0 Å². The van der Waals surface area contributed by atoms with Gasteiger partial charge in [0.2, 0.25) is 0 Å². The van der Waals surface area contributed by atoms with Gasteiger partial charge in [-0.3, -0.25) is 9.21 Å². The third-order valence-corrected chi connectivity index (χ3v) is 6.38. The van der Waals surface area contributed by atoms with Gasteiger partial charge in [0.1, 0.15) is 0 Å². The quantitative estimate of drug-likeness (QED) is 0.782. The fourth-order valence-corrected chi connectivity index (χ4v) is 4.69. The molecule has 1 N–H and O–H groups in total. The lowest BCUT2D eigenvalue weighted by molar-refractivity contribution is 0.0166. The summed E-state index contributed by atoms with van der Waals surface area (Å²) in [4.78, 5) is 2.31. The number of morpholine rings is 1. The first-order chi connectivity index (χ1) is 13.0. The Morgan fingerprint density at radius 2 is 1.81 bits per heavy atom. The van der Waals surface area contributed by atoms with Gasteiger partial charge in [-0.2, -0.15) is 0 Å². The Balaban J connectivity index is 1.86. The van der Waals surface area contributed by atoms with Crippen LogP contribution < -0.4 is 4.31 Å². The minimum absolute atomic E-state index is 0.00195. The zero-order valence-electron chi connectivity index (χ0n) is 15.5. The number of sulfonamides is 1. The number of aliphatic hydroxyl groups excluding tert-OH is 1. The van der Waals surface area contributed by atoms with Crippen molar-refractivity contribution < 1.29 is 18.3 Å². The Labute approximate surface area is 161 Å². The summed E-state index contributed by atoms with van der Waals surface area (Å²) in [5.74, 6) is 0. The van der Waals surface area contributed by atoms with E-state index in [-0.39, 0.29) is 11.4 Å². The first-order valence-corrected chi connectivity index (χ1v) is 10.5. The molecule has 0 bridgehead atoms. The van der Waals surface area contributed by atoms with Gasteiger partial charge in [-0.15, -0.1) is 0 Å². The molecule has 3 rings (SSSR count). The molecule has 1 fully saturated rings. The van der Waals surface area contributed by atoms with E-state index in [0.717, 1.165) is 18.7 Å². The molecule has 0 spiro atoms. The molecule has 0 aliphatic carbocycles. The lowest BCUT2D eigenvalue weighted by Crippen LogP contribution is -2.46. The summed E-state index contributed by atoms with van der Waals surface area (Å²) in [6.45, 7) is 5.09. The number of benzene rings is 2. The number of aliphatic hydroxyl groups is 1. The first-order valence-electron chi connectivity index (χ1n) is 9.09. The SMILES string of the molecule is Cc1cccc(N(C[C@H](O)CN2CCOCC2)S(=O)(=O)c2ccccc2)c1. The maximum Gasteiger partial charge on any atom is 0.264 e. The van der Waals surface area contributed by atoms with E-state index in [4.69, 9.17) is 4.74 Å². The van der Waals surface area contributed by atoms with Gasteiger partial charge in [-0.1, -0.05) is 30.3 Å². The number of rotatable bonds is 7. The Hall–Kier alpha value is -1.93.